The monoisotopic (exact) mass is 449 g/mol. The number of methoxy groups -OCH3 is 1. The lowest BCUT2D eigenvalue weighted by Gasteiger charge is -2.32. The Kier molecular flexibility index (Phi) is 6.55. The first-order valence-electron chi connectivity index (χ1n) is 11.8. The molecule has 2 aliphatic rings. The van der Waals surface area contributed by atoms with Gasteiger partial charge in [0.25, 0.3) is 5.56 Å². The Bertz CT molecular complexity index is 1170. The molecule has 8 heteroatoms. The number of likely N-dealkylation sites (tertiary alicyclic amines) is 1. The second-order valence-electron chi connectivity index (χ2n) is 8.83. The third-order valence-corrected chi connectivity index (χ3v) is 6.70. The van der Waals surface area contributed by atoms with Gasteiger partial charge in [0.15, 0.2) is 0 Å². The van der Waals surface area contributed by atoms with Crippen LogP contribution in [0.15, 0.2) is 41.5 Å². The summed E-state index contributed by atoms with van der Waals surface area (Å²) in [6.45, 7) is 5.11. The average molecular weight is 450 g/mol. The Morgan fingerprint density at radius 2 is 2.03 bits per heavy atom. The largest absolute Gasteiger partial charge is 0.495 e. The van der Waals surface area contributed by atoms with Crippen molar-refractivity contribution in [1.29, 1.82) is 0 Å². The van der Waals surface area contributed by atoms with E-state index in [0.717, 1.165) is 80.9 Å². The highest BCUT2D eigenvalue weighted by atomic mass is 16.5. The average Bonchev–Trinajstić information content (AvgIpc) is 2.87. The molecule has 174 valence electrons. The summed E-state index contributed by atoms with van der Waals surface area (Å²) in [5, 5.41) is 3.68. The molecule has 0 bridgehead atoms. The van der Waals surface area contributed by atoms with Crippen LogP contribution in [0, 0.1) is 0 Å². The minimum absolute atomic E-state index is 0.00273. The first-order chi connectivity index (χ1) is 16.2. The molecule has 0 atom stereocenters. The van der Waals surface area contributed by atoms with E-state index in [4.69, 9.17) is 9.47 Å². The van der Waals surface area contributed by atoms with Gasteiger partial charge in [0.05, 0.1) is 42.8 Å². The molecule has 3 aromatic rings. The summed E-state index contributed by atoms with van der Waals surface area (Å²) < 4.78 is 12.8. The normalized spacial score (nSPS) is 17.0. The van der Waals surface area contributed by atoms with Crippen LogP contribution in [-0.4, -0.2) is 58.8 Å². The summed E-state index contributed by atoms with van der Waals surface area (Å²) in [6.07, 6.45) is 7.89. The van der Waals surface area contributed by atoms with Crippen molar-refractivity contribution in [2.24, 2.45) is 0 Å². The van der Waals surface area contributed by atoms with Crippen molar-refractivity contribution in [3.8, 4) is 11.5 Å². The van der Waals surface area contributed by atoms with Gasteiger partial charge in [-0.25, -0.2) is 0 Å². The molecule has 0 spiro atoms. The maximum absolute atomic E-state index is 12.5. The fourth-order valence-electron chi connectivity index (χ4n) is 4.74. The van der Waals surface area contributed by atoms with E-state index in [-0.39, 0.29) is 5.56 Å². The summed E-state index contributed by atoms with van der Waals surface area (Å²) in [6, 6.07) is 7.93. The number of rotatable bonds is 7. The van der Waals surface area contributed by atoms with Crippen LogP contribution in [0.4, 0.5) is 0 Å². The maximum Gasteiger partial charge on any atom is 0.251 e. The second kappa shape index (κ2) is 9.89. The van der Waals surface area contributed by atoms with E-state index in [1.54, 1.807) is 30.0 Å². The Labute approximate surface area is 193 Å². The lowest BCUT2D eigenvalue weighted by molar-refractivity contribution is 0.191. The SMILES string of the molecule is COc1cnc2ccc(=O)n(CCN3CCC(NCc4cc5c(cn4)OCCC5)CC3)c2c1. The van der Waals surface area contributed by atoms with Gasteiger partial charge in [-0.3, -0.25) is 14.8 Å². The predicted molar refractivity (Wildman–Crippen MR) is 127 cm³/mol. The minimum Gasteiger partial charge on any atom is -0.495 e. The lowest BCUT2D eigenvalue weighted by Crippen LogP contribution is -2.43. The molecule has 1 saturated heterocycles. The van der Waals surface area contributed by atoms with E-state index in [1.165, 1.54) is 5.56 Å². The van der Waals surface area contributed by atoms with Crippen LogP contribution < -0.4 is 20.3 Å². The molecule has 0 saturated carbocycles. The predicted octanol–water partition coefficient (Wildman–Crippen LogP) is 2.38. The number of piperidine rings is 1. The number of nitrogens with zero attached hydrogens (tertiary/aromatic N) is 4. The molecular weight excluding hydrogens is 418 g/mol. The van der Waals surface area contributed by atoms with Gasteiger partial charge in [-0.05, 0) is 56.5 Å². The van der Waals surface area contributed by atoms with Crippen LogP contribution >= 0.6 is 0 Å². The van der Waals surface area contributed by atoms with Gasteiger partial charge in [0.1, 0.15) is 11.5 Å². The number of pyridine rings is 3. The molecule has 5 rings (SSSR count). The highest BCUT2D eigenvalue weighted by molar-refractivity contribution is 5.75. The molecule has 0 unspecified atom stereocenters. The molecule has 0 aliphatic carbocycles. The second-order valence-corrected chi connectivity index (χ2v) is 8.83. The van der Waals surface area contributed by atoms with E-state index in [9.17, 15) is 4.79 Å². The lowest BCUT2D eigenvalue weighted by atomic mass is 10.0. The zero-order chi connectivity index (χ0) is 22.6. The van der Waals surface area contributed by atoms with Crippen LogP contribution in [-0.2, 0) is 19.5 Å². The summed E-state index contributed by atoms with van der Waals surface area (Å²) >= 11 is 0. The van der Waals surface area contributed by atoms with Gasteiger partial charge in [-0.15, -0.1) is 0 Å². The number of aryl methyl sites for hydroxylation is 1. The number of hydrogen-bond acceptors (Lipinski definition) is 7. The van der Waals surface area contributed by atoms with Crippen molar-refractivity contribution in [3.63, 3.8) is 0 Å². The molecular formula is C25H31N5O3. The molecule has 3 aromatic heterocycles. The number of hydrogen-bond donors (Lipinski definition) is 1. The number of fused-ring (bicyclic) bond motifs is 2. The minimum atomic E-state index is -0.00273. The van der Waals surface area contributed by atoms with Crippen molar-refractivity contribution in [2.45, 2.75) is 44.8 Å². The van der Waals surface area contributed by atoms with Crippen molar-refractivity contribution < 1.29 is 9.47 Å². The van der Waals surface area contributed by atoms with Gasteiger partial charge in [-0.2, -0.15) is 0 Å². The van der Waals surface area contributed by atoms with Gasteiger partial charge in [0.2, 0.25) is 0 Å². The molecule has 1 fully saturated rings. The van der Waals surface area contributed by atoms with Crippen molar-refractivity contribution >= 4 is 11.0 Å². The van der Waals surface area contributed by atoms with Crippen LogP contribution in [0.25, 0.3) is 11.0 Å². The first kappa shape index (κ1) is 21.9. The third-order valence-electron chi connectivity index (χ3n) is 6.70. The number of nitrogens with one attached hydrogen (secondary N) is 1. The molecule has 0 radical (unpaired) electrons. The summed E-state index contributed by atoms with van der Waals surface area (Å²) in [4.78, 5) is 23.9. The molecule has 5 heterocycles. The van der Waals surface area contributed by atoms with Crippen LogP contribution in [0.2, 0.25) is 0 Å². The van der Waals surface area contributed by atoms with Crippen molar-refractivity contribution in [3.05, 3.63) is 58.3 Å². The van der Waals surface area contributed by atoms with Gasteiger partial charge < -0.3 is 24.3 Å². The Morgan fingerprint density at radius 3 is 2.88 bits per heavy atom. The van der Waals surface area contributed by atoms with Crippen LogP contribution in [0.5, 0.6) is 11.5 Å². The molecule has 8 nitrogen and oxygen atoms in total. The zero-order valence-corrected chi connectivity index (χ0v) is 19.1. The molecule has 0 aromatic carbocycles. The topological polar surface area (TPSA) is 81.5 Å². The van der Waals surface area contributed by atoms with Crippen LogP contribution in [0.1, 0.15) is 30.5 Å². The van der Waals surface area contributed by atoms with E-state index >= 15 is 0 Å². The number of aromatic nitrogens is 3. The van der Waals surface area contributed by atoms with Crippen molar-refractivity contribution in [2.75, 3.05) is 33.4 Å². The standard InChI is InChI=1S/C25H31N5O3/c1-32-21-14-23-22(28-16-21)4-5-25(31)30(23)11-10-29-8-6-19(7-9-29)26-15-20-13-18-3-2-12-33-24(18)17-27-20/h4-5,13-14,16-17,19,26H,2-3,6-12,15H2,1H3. The van der Waals surface area contributed by atoms with Gasteiger partial charge in [-0.1, -0.05) is 0 Å². The molecule has 0 amide bonds. The zero-order valence-electron chi connectivity index (χ0n) is 19.1. The summed E-state index contributed by atoms with van der Waals surface area (Å²) in [5.41, 5.74) is 3.99. The smallest absolute Gasteiger partial charge is 0.251 e. The van der Waals surface area contributed by atoms with E-state index in [1.807, 2.05) is 12.3 Å². The van der Waals surface area contributed by atoms with Crippen molar-refractivity contribution in [1.82, 2.24) is 24.8 Å². The fraction of sp³-hybridized carbons (Fsp3) is 0.480. The quantitative estimate of drug-likeness (QED) is 0.593. The Balaban J connectivity index is 1.13. The van der Waals surface area contributed by atoms with E-state index in [0.29, 0.717) is 18.3 Å². The Morgan fingerprint density at radius 1 is 1.15 bits per heavy atom. The highest BCUT2D eigenvalue weighted by Gasteiger charge is 2.20. The van der Waals surface area contributed by atoms with Gasteiger partial charge in [0, 0.05) is 37.8 Å². The van der Waals surface area contributed by atoms with Gasteiger partial charge >= 0.3 is 0 Å². The van der Waals surface area contributed by atoms with E-state index < -0.39 is 0 Å². The fourth-order valence-corrected chi connectivity index (χ4v) is 4.74. The third kappa shape index (κ3) is 5.02. The Hall–Kier alpha value is -2.97. The highest BCUT2D eigenvalue weighted by Crippen LogP contribution is 2.24. The molecule has 1 N–H and O–H groups in total. The number of ether oxygens (including phenoxy) is 2. The molecule has 33 heavy (non-hydrogen) atoms. The summed E-state index contributed by atoms with van der Waals surface area (Å²) in [5.74, 6) is 1.60. The molecule has 2 aliphatic heterocycles. The maximum atomic E-state index is 12.5. The van der Waals surface area contributed by atoms with Crippen LogP contribution in [0.3, 0.4) is 0 Å². The van der Waals surface area contributed by atoms with E-state index in [2.05, 4.69) is 26.3 Å². The summed E-state index contributed by atoms with van der Waals surface area (Å²) in [7, 11) is 1.61. The first-order valence-corrected chi connectivity index (χ1v) is 11.8.